The highest BCUT2D eigenvalue weighted by atomic mass is 35.5. The maximum atomic E-state index is 12.7. The molecule has 0 fully saturated rings. The summed E-state index contributed by atoms with van der Waals surface area (Å²) in [6.45, 7) is 0.160. The summed E-state index contributed by atoms with van der Waals surface area (Å²) in [5.41, 5.74) is 1.51. The van der Waals surface area contributed by atoms with Crippen LogP contribution in [-0.2, 0) is 16.1 Å². The van der Waals surface area contributed by atoms with Gasteiger partial charge in [0.25, 0.3) is 0 Å². The van der Waals surface area contributed by atoms with Crippen LogP contribution in [0, 0.1) is 5.82 Å². The number of carbonyl (C=O) groups excluding carboxylic acids is 1. The van der Waals surface area contributed by atoms with Crippen LogP contribution in [0.2, 0.25) is 0 Å². The van der Waals surface area contributed by atoms with Crippen LogP contribution in [0.4, 0.5) is 4.39 Å². The minimum Gasteiger partial charge on any atom is -0.457 e. The molecule has 0 atom stereocenters. The number of ether oxygens (including phenoxy) is 1. The van der Waals surface area contributed by atoms with E-state index in [4.69, 9.17) is 16.3 Å². The average Bonchev–Trinajstić information content (AvgIpc) is 2.48. The topological polar surface area (TPSA) is 26.3 Å². The first-order chi connectivity index (χ1) is 9.65. The molecule has 0 heterocycles. The van der Waals surface area contributed by atoms with Crippen LogP contribution in [0.5, 0.6) is 0 Å². The van der Waals surface area contributed by atoms with Crippen LogP contribution < -0.4 is 0 Å². The highest BCUT2D eigenvalue weighted by molar-refractivity contribution is 6.43. The summed E-state index contributed by atoms with van der Waals surface area (Å²) in [5.74, 6) is -0.954. The third-order valence-electron chi connectivity index (χ3n) is 2.57. The van der Waals surface area contributed by atoms with Gasteiger partial charge < -0.3 is 4.74 Å². The molecule has 0 unspecified atom stereocenters. The molecular formula is C16H12ClFO2. The van der Waals surface area contributed by atoms with Gasteiger partial charge in [0.05, 0.1) is 0 Å². The van der Waals surface area contributed by atoms with E-state index in [-0.39, 0.29) is 17.5 Å². The fraction of sp³-hybridized carbons (Fsp3) is 0.0625. The molecule has 0 aromatic heterocycles. The standard InChI is InChI=1S/C16H12ClFO2/c17-15(10-12-6-8-14(18)9-7-12)16(19)20-11-13-4-2-1-3-5-13/h1-10H,11H2/b15-10-. The second-order valence-electron chi connectivity index (χ2n) is 4.11. The molecule has 2 aromatic carbocycles. The van der Waals surface area contributed by atoms with Crippen LogP contribution in [0.15, 0.2) is 59.6 Å². The van der Waals surface area contributed by atoms with Crippen molar-refractivity contribution < 1.29 is 13.9 Å². The van der Waals surface area contributed by atoms with Gasteiger partial charge in [-0.25, -0.2) is 9.18 Å². The Morgan fingerprint density at radius 3 is 2.40 bits per heavy atom. The average molecular weight is 291 g/mol. The van der Waals surface area contributed by atoms with E-state index in [2.05, 4.69) is 0 Å². The van der Waals surface area contributed by atoms with Crippen molar-refractivity contribution in [2.45, 2.75) is 6.61 Å². The lowest BCUT2D eigenvalue weighted by molar-refractivity contribution is -0.139. The lowest BCUT2D eigenvalue weighted by atomic mass is 10.2. The van der Waals surface area contributed by atoms with Gasteiger partial charge in [0.1, 0.15) is 17.5 Å². The number of hydrogen-bond acceptors (Lipinski definition) is 2. The van der Waals surface area contributed by atoms with E-state index in [0.717, 1.165) is 5.56 Å². The highest BCUT2D eigenvalue weighted by Crippen LogP contribution is 2.13. The molecule has 0 aliphatic heterocycles. The molecular weight excluding hydrogens is 279 g/mol. The molecule has 0 N–H and O–H groups in total. The molecule has 0 saturated carbocycles. The first-order valence-corrected chi connectivity index (χ1v) is 6.37. The number of rotatable bonds is 4. The predicted molar refractivity (Wildman–Crippen MR) is 76.5 cm³/mol. The van der Waals surface area contributed by atoms with E-state index >= 15 is 0 Å². The van der Waals surface area contributed by atoms with Crippen molar-refractivity contribution in [2.75, 3.05) is 0 Å². The van der Waals surface area contributed by atoms with Gasteiger partial charge in [0.15, 0.2) is 0 Å². The third kappa shape index (κ3) is 4.21. The van der Waals surface area contributed by atoms with Gasteiger partial charge in [-0.05, 0) is 29.3 Å². The molecule has 0 radical (unpaired) electrons. The van der Waals surface area contributed by atoms with Crippen molar-refractivity contribution in [3.8, 4) is 0 Å². The third-order valence-corrected chi connectivity index (χ3v) is 2.83. The number of esters is 1. The quantitative estimate of drug-likeness (QED) is 0.624. The number of halogens is 2. The Labute approximate surface area is 121 Å². The van der Waals surface area contributed by atoms with E-state index in [1.807, 2.05) is 30.3 Å². The van der Waals surface area contributed by atoms with Crippen LogP contribution >= 0.6 is 11.6 Å². The minimum absolute atomic E-state index is 0.0486. The lowest BCUT2D eigenvalue weighted by Gasteiger charge is -2.04. The zero-order chi connectivity index (χ0) is 14.4. The maximum absolute atomic E-state index is 12.7. The molecule has 2 rings (SSSR count). The van der Waals surface area contributed by atoms with E-state index in [1.54, 1.807) is 0 Å². The zero-order valence-electron chi connectivity index (χ0n) is 10.6. The number of benzene rings is 2. The molecule has 0 aliphatic rings. The molecule has 0 spiro atoms. The Kier molecular flexibility index (Phi) is 4.91. The summed E-state index contributed by atoms with van der Waals surface area (Å²) >= 11 is 5.86. The van der Waals surface area contributed by atoms with Crippen molar-refractivity contribution in [1.82, 2.24) is 0 Å². The highest BCUT2D eigenvalue weighted by Gasteiger charge is 2.08. The van der Waals surface area contributed by atoms with Crippen molar-refractivity contribution in [1.29, 1.82) is 0 Å². The van der Waals surface area contributed by atoms with Gasteiger partial charge in [0, 0.05) is 0 Å². The smallest absolute Gasteiger partial charge is 0.350 e. The predicted octanol–water partition coefficient (Wildman–Crippen LogP) is 4.15. The summed E-state index contributed by atoms with van der Waals surface area (Å²) in [7, 11) is 0. The normalized spacial score (nSPS) is 11.2. The van der Waals surface area contributed by atoms with E-state index in [0.29, 0.717) is 5.56 Å². The fourth-order valence-corrected chi connectivity index (χ4v) is 1.74. The molecule has 0 bridgehead atoms. The molecule has 102 valence electrons. The molecule has 20 heavy (non-hydrogen) atoms. The fourth-order valence-electron chi connectivity index (χ4n) is 1.56. The Morgan fingerprint density at radius 1 is 1.10 bits per heavy atom. The monoisotopic (exact) mass is 290 g/mol. The van der Waals surface area contributed by atoms with Gasteiger partial charge in [-0.1, -0.05) is 54.1 Å². The Bertz CT molecular complexity index is 606. The second kappa shape index (κ2) is 6.87. The maximum Gasteiger partial charge on any atom is 0.350 e. The molecule has 0 aliphatic carbocycles. The van der Waals surface area contributed by atoms with Gasteiger partial charge in [-0.15, -0.1) is 0 Å². The van der Waals surface area contributed by atoms with Crippen LogP contribution in [-0.4, -0.2) is 5.97 Å². The summed E-state index contributed by atoms with van der Waals surface area (Å²) in [4.78, 5) is 11.7. The van der Waals surface area contributed by atoms with Crippen molar-refractivity contribution in [3.63, 3.8) is 0 Å². The molecule has 2 aromatic rings. The van der Waals surface area contributed by atoms with Gasteiger partial charge in [0.2, 0.25) is 0 Å². The van der Waals surface area contributed by atoms with E-state index in [1.165, 1.54) is 30.3 Å². The summed E-state index contributed by atoms with van der Waals surface area (Å²) in [5, 5.41) is -0.0486. The Hall–Kier alpha value is -2.13. The second-order valence-corrected chi connectivity index (χ2v) is 4.51. The first-order valence-electron chi connectivity index (χ1n) is 5.99. The minimum atomic E-state index is -0.611. The molecule has 2 nitrogen and oxygen atoms in total. The SMILES string of the molecule is O=C(OCc1ccccc1)/C(Cl)=C/c1ccc(F)cc1. The summed E-state index contributed by atoms with van der Waals surface area (Å²) < 4.78 is 17.8. The van der Waals surface area contributed by atoms with Crippen LogP contribution in [0.3, 0.4) is 0 Å². The van der Waals surface area contributed by atoms with Crippen molar-refractivity contribution in [2.24, 2.45) is 0 Å². The van der Waals surface area contributed by atoms with Crippen LogP contribution in [0.25, 0.3) is 6.08 Å². The van der Waals surface area contributed by atoms with Crippen molar-refractivity contribution >= 4 is 23.6 Å². The van der Waals surface area contributed by atoms with E-state index < -0.39 is 5.97 Å². The Balaban J connectivity index is 1.96. The van der Waals surface area contributed by atoms with Crippen LogP contribution in [0.1, 0.15) is 11.1 Å². The summed E-state index contributed by atoms with van der Waals surface area (Å²) in [6.07, 6.45) is 1.44. The zero-order valence-corrected chi connectivity index (χ0v) is 11.3. The van der Waals surface area contributed by atoms with Gasteiger partial charge in [-0.2, -0.15) is 0 Å². The first kappa shape index (κ1) is 14.3. The molecule has 0 saturated heterocycles. The lowest BCUT2D eigenvalue weighted by Crippen LogP contribution is -2.04. The summed E-state index contributed by atoms with van der Waals surface area (Å²) in [6, 6.07) is 15.0. The number of carbonyl (C=O) groups is 1. The Morgan fingerprint density at radius 2 is 1.75 bits per heavy atom. The van der Waals surface area contributed by atoms with Gasteiger partial charge >= 0.3 is 5.97 Å². The molecule has 0 amide bonds. The largest absolute Gasteiger partial charge is 0.457 e. The van der Waals surface area contributed by atoms with Crippen molar-refractivity contribution in [3.05, 3.63) is 76.6 Å². The van der Waals surface area contributed by atoms with Gasteiger partial charge in [-0.3, -0.25) is 0 Å². The van der Waals surface area contributed by atoms with E-state index in [9.17, 15) is 9.18 Å². The molecule has 4 heteroatoms. The number of hydrogen-bond donors (Lipinski definition) is 0.